The smallest absolute Gasteiger partial charge is 0.126 e. The maximum absolute atomic E-state index is 11.4. The van der Waals surface area contributed by atoms with Gasteiger partial charge in [0.05, 0.1) is 19.1 Å². The van der Waals surface area contributed by atoms with Gasteiger partial charge in [-0.1, -0.05) is 26.0 Å². The van der Waals surface area contributed by atoms with Gasteiger partial charge in [-0.2, -0.15) is 0 Å². The van der Waals surface area contributed by atoms with E-state index in [9.17, 15) is 15.0 Å². The van der Waals surface area contributed by atoms with Gasteiger partial charge >= 0.3 is 0 Å². The van der Waals surface area contributed by atoms with E-state index >= 15 is 0 Å². The highest BCUT2D eigenvalue weighted by atomic mass is 16.4. The Balaban J connectivity index is 4.81. The lowest BCUT2D eigenvalue weighted by atomic mass is 10.1. The topological polar surface area (TPSA) is 60.4 Å². The number of carbonyl (C=O) groups is 1. The van der Waals surface area contributed by atoms with Gasteiger partial charge in [0.1, 0.15) is 18.7 Å². The first kappa shape index (κ1) is 20.1. The van der Waals surface area contributed by atoms with Crippen LogP contribution < -0.4 is 5.11 Å². The quantitative estimate of drug-likeness (QED) is 0.340. The third-order valence-electron chi connectivity index (χ3n) is 4.22. The van der Waals surface area contributed by atoms with Crippen molar-refractivity contribution in [3.63, 3.8) is 0 Å². The highest BCUT2D eigenvalue weighted by molar-refractivity contribution is 5.69. The number of carboxylic acid groups (broad SMARTS) is 1. The largest absolute Gasteiger partial charge is 0.544 e. The third kappa shape index (κ3) is 7.09. The summed E-state index contributed by atoms with van der Waals surface area (Å²) >= 11 is 0. The Morgan fingerprint density at radius 3 is 2.29 bits per heavy atom. The number of allylic oxidation sites excluding steroid dienone is 2. The Kier molecular flexibility index (Phi) is 10.4. The number of nitrogens with zero attached hydrogens (tertiary/aromatic N) is 1. The summed E-state index contributed by atoms with van der Waals surface area (Å²) < 4.78 is 0.431. The second-order valence-corrected chi connectivity index (χ2v) is 6.00. The Hall–Kier alpha value is -0.870. The first-order chi connectivity index (χ1) is 9.93. The molecule has 2 atom stereocenters. The molecule has 21 heavy (non-hydrogen) atoms. The first-order valence-electron chi connectivity index (χ1n) is 8.29. The van der Waals surface area contributed by atoms with E-state index in [0.29, 0.717) is 11.0 Å². The molecule has 0 bridgehead atoms. The van der Waals surface area contributed by atoms with Crippen LogP contribution in [0.4, 0.5) is 0 Å². The lowest BCUT2D eigenvalue weighted by Crippen LogP contribution is -2.63. The minimum absolute atomic E-state index is 0.431. The van der Waals surface area contributed by atoms with Gasteiger partial charge in [-0.05, 0) is 46.0 Å². The molecule has 0 aromatic heterocycles. The van der Waals surface area contributed by atoms with E-state index in [-0.39, 0.29) is 0 Å². The molecular weight excluding hydrogens is 266 g/mol. The summed E-state index contributed by atoms with van der Waals surface area (Å²) in [7, 11) is 0. The summed E-state index contributed by atoms with van der Waals surface area (Å²) in [6.45, 7) is 9.87. The fourth-order valence-electron chi connectivity index (χ4n) is 3.10. The molecule has 0 aromatic carbocycles. The fourth-order valence-corrected chi connectivity index (χ4v) is 3.10. The van der Waals surface area contributed by atoms with Crippen LogP contribution in [0, 0.1) is 0 Å². The highest BCUT2D eigenvalue weighted by Gasteiger charge is 2.35. The molecule has 0 amide bonds. The van der Waals surface area contributed by atoms with E-state index < -0.39 is 18.1 Å². The number of aliphatic hydroxyl groups is 1. The molecule has 4 nitrogen and oxygen atoms in total. The maximum atomic E-state index is 11.4. The van der Waals surface area contributed by atoms with Gasteiger partial charge in [-0.15, -0.1) is 0 Å². The standard InChI is InChI=1S/C17H33NO3/c1-5-8-9-10-11-16(19)14-18(12-6-2,13-7-3)15(4)17(20)21/h5,8,15-16,19H,6-7,9-14H2,1-4H3/b8-5+. The van der Waals surface area contributed by atoms with Gasteiger partial charge in [-0.25, -0.2) is 0 Å². The Morgan fingerprint density at radius 2 is 1.86 bits per heavy atom. The number of hydrogen-bond donors (Lipinski definition) is 1. The third-order valence-corrected chi connectivity index (χ3v) is 4.22. The average molecular weight is 299 g/mol. The summed E-state index contributed by atoms with van der Waals surface area (Å²) in [5, 5.41) is 21.7. The van der Waals surface area contributed by atoms with E-state index in [4.69, 9.17) is 0 Å². The van der Waals surface area contributed by atoms with E-state index in [1.54, 1.807) is 6.92 Å². The minimum atomic E-state index is -1.02. The molecule has 0 aromatic rings. The van der Waals surface area contributed by atoms with E-state index in [1.165, 1.54) is 0 Å². The van der Waals surface area contributed by atoms with Gasteiger partial charge in [0, 0.05) is 0 Å². The highest BCUT2D eigenvalue weighted by Crippen LogP contribution is 2.19. The van der Waals surface area contributed by atoms with Gasteiger partial charge in [0.15, 0.2) is 0 Å². The molecule has 0 spiro atoms. The Bertz CT molecular complexity index is 309. The molecule has 1 N–H and O–H groups in total. The van der Waals surface area contributed by atoms with Gasteiger partial charge in [-0.3, -0.25) is 0 Å². The second kappa shape index (κ2) is 10.8. The number of aliphatic hydroxyl groups excluding tert-OH is 1. The number of hydrogen-bond acceptors (Lipinski definition) is 3. The number of unbranched alkanes of at least 4 members (excludes halogenated alkanes) is 1. The van der Waals surface area contributed by atoms with Crippen molar-refractivity contribution in [1.82, 2.24) is 0 Å². The first-order valence-corrected chi connectivity index (χ1v) is 8.29. The molecule has 0 aliphatic carbocycles. The molecule has 2 unspecified atom stereocenters. The molecule has 0 heterocycles. The SMILES string of the molecule is C/C=C/CCCC(O)C[N+](CCC)(CCC)C(C)C(=O)[O-]. The summed E-state index contributed by atoms with van der Waals surface area (Å²) in [5.74, 6) is -1.02. The zero-order valence-corrected chi connectivity index (χ0v) is 14.2. The van der Waals surface area contributed by atoms with Crippen LogP contribution in [-0.2, 0) is 4.79 Å². The predicted molar refractivity (Wildman–Crippen MR) is 84.6 cm³/mol. The molecule has 0 aliphatic rings. The lowest BCUT2D eigenvalue weighted by Gasteiger charge is -2.45. The van der Waals surface area contributed by atoms with Crippen molar-refractivity contribution in [3.05, 3.63) is 12.2 Å². The number of aliphatic carboxylic acids is 1. The molecule has 0 rings (SSSR count). The van der Waals surface area contributed by atoms with Crippen LogP contribution in [0.5, 0.6) is 0 Å². The summed E-state index contributed by atoms with van der Waals surface area (Å²) in [6.07, 6.45) is 8.09. The van der Waals surface area contributed by atoms with Crippen LogP contribution in [0.2, 0.25) is 0 Å². The zero-order valence-electron chi connectivity index (χ0n) is 14.2. The monoisotopic (exact) mass is 299 g/mol. The molecule has 0 aliphatic heterocycles. The number of carbonyl (C=O) groups excluding carboxylic acids is 1. The van der Waals surface area contributed by atoms with Crippen LogP contribution in [-0.4, -0.2) is 47.3 Å². The molecule has 0 fully saturated rings. The number of carboxylic acids is 1. The van der Waals surface area contributed by atoms with Crippen molar-refractivity contribution in [2.24, 2.45) is 0 Å². The van der Waals surface area contributed by atoms with Crippen molar-refractivity contribution >= 4 is 5.97 Å². The van der Waals surface area contributed by atoms with Crippen LogP contribution in [0.25, 0.3) is 0 Å². The van der Waals surface area contributed by atoms with Crippen molar-refractivity contribution < 1.29 is 19.5 Å². The summed E-state index contributed by atoms with van der Waals surface area (Å²) in [6, 6.07) is -0.574. The minimum Gasteiger partial charge on any atom is -0.544 e. The second-order valence-electron chi connectivity index (χ2n) is 6.00. The Labute approximate surface area is 130 Å². The van der Waals surface area contributed by atoms with E-state index in [2.05, 4.69) is 19.9 Å². The van der Waals surface area contributed by atoms with Crippen LogP contribution in [0.3, 0.4) is 0 Å². The van der Waals surface area contributed by atoms with Gasteiger partial charge in [0.2, 0.25) is 0 Å². The lowest BCUT2D eigenvalue weighted by molar-refractivity contribution is -0.946. The molecule has 0 saturated carbocycles. The van der Waals surface area contributed by atoms with Crippen LogP contribution in [0.15, 0.2) is 12.2 Å². The number of quaternary nitrogens is 1. The van der Waals surface area contributed by atoms with Gasteiger partial charge < -0.3 is 19.5 Å². The fraction of sp³-hybridized carbons (Fsp3) is 0.824. The normalized spacial score (nSPS) is 15.3. The summed E-state index contributed by atoms with van der Waals surface area (Å²) in [4.78, 5) is 11.4. The molecular formula is C17H33NO3. The number of rotatable bonds is 12. The molecule has 0 saturated heterocycles. The van der Waals surface area contributed by atoms with E-state index in [0.717, 1.165) is 45.2 Å². The molecule has 0 radical (unpaired) electrons. The maximum Gasteiger partial charge on any atom is 0.126 e. The molecule has 4 heteroatoms. The van der Waals surface area contributed by atoms with Crippen molar-refractivity contribution in [1.29, 1.82) is 0 Å². The predicted octanol–water partition coefficient (Wildman–Crippen LogP) is 1.87. The zero-order chi connectivity index (χ0) is 16.3. The molecule has 124 valence electrons. The van der Waals surface area contributed by atoms with Crippen molar-refractivity contribution in [2.75, 3.05) is 19.6 Å². The van der Waals surface area contributed by atoms with Gasteiger partial charge in [0.25, 0.3) is 0 Å². The average Bonchev–Trinajstić information content (AvgIpc) is 2.43. The van der Waals surface area contributed by atoms with E-state index in [1.807, 2.05) is 13.0 Å². The Morgan fingerprint density at radius 1 is 1.29 bits per heavy atom. The van der Waals surface area contributed by atoms with Crippen molar-refractivity contribution in [3.8, 4) is 0 Å². The summed E-state index contributed by atoms with van der Waals surface area (Å²) in [5.41, 5.74) is 0. The van der Waals surface area contributed by atoms with Crippen molar-refractivity contribution in [2.45, 2.75) is 71.9 Å². The van der Waals surface area contributed by atoms with Crippen LogP contribution in [0.1, 0.15) is 59.8 Å². The van der Waals surface area contributed by atoms with Crippen LogP contribution >= 0.6 is 0 Å².